The highest BCUT2D eigenvalue weighted by molar-refractivity contribution is 5.76. The van der Waals surface area contributed by atoms with Crippen LogP contribution in [0.4, 0.5) is 0 Å². The van der Waals surface area contributed by atoms with Gasteiger partial charge in [0.1, 0.15) is 0 Å². The van der Waals surface area contributed by atoms with Gasteiger partial charge in [0, 0.05) is 6.42 Å². The predicted molar refractivity (Wildman–Crippen MR) is 129 cm³/mol. The van der Waals surface area contributed by atoms with E-state index in [1.807, 2.05) is 0 Å². The average Bonchev–Trinajstić information content (AvgIpc) is 2.75. The van der Waals surface area contributed by atoms with Crippen molar-refractivity contribution in [2.24, 2.45) is 0 Å². The summed E-state index contributed by atoms with van der Waals surface area (Å²) in [6.07, 6.45) is 22.8. The molecule has 1 amide bonds. The first-order valence-electron chi connectivity index (χ1n) is 13.2. The average molecular weight is 428 g/mol. The molecule has 0 aromatic carbocycles. The first-order valence-corrected chi connectivity index (χ1v) is 13.2. The summed E-state index contributed by atoms with van der Waals surface area (Å²) < 4.78 is 0. The van der Waals surface area contributed by atoms with E-state index in [0.717, 1.165) is 25.7 Å². The van der Waals surface area contributed by atoms with Crippen LogP contribution in [0.3, 0.4) is 0 Å². The summed E-state index contributed by atoms with van der Waals surface area (Å²) in [5, 5.41) is 22.7. The third kappa shape index (κ3) is 19.4. The molecule has 0 rings (SSSR count). The van der Waals surface area contributed by atoms with Crippen molar-refractivity contribution in [2.75, 3.05) is 6.61 Å². The molecular formula is C26H53NO3. The zero-order valence-electron chi connectivity index (χ0n) is 20.3. The quantitative estimate of drug-likeness (QED) is 0.160. The fourth-order valence-electron chi connectivity index (χ4n) is 4.00. The molecule has 0 aromatic heterocycles. The second kappa shape index (κ2) is 23.1. The van der Waals surface area contributed by atoms with E-state index in [1.54, 1.807) is 0 Å². The summed E-state index contributed by atoms with van der Waals surface area (Å²) in [6.45, 7) is 4.29. The molecule has 180 valence electrons. The van der Waals surface area contributed by atoms with E-state index >= 15 is 0 Å². The van der Waals surface area contributed by atoms with Crippen molar-refractivity contribution < 1.29 is 15.0 Å². The Labute approximate surface area is 187 Å². The van der Waals surface area contributed by atoms with Crippen molar-refractivity contribution in [1.29, 1.82) is 0 Å². The standard InChI is InChI=1S/C26H53NO3/c1-3-5-7-9-11-13-14-16-18-20-22-26(30)27-24(23-28)25(29)21-19-17-15-12-10-8-6-4-2/h24-25,28-29H,3-23H2,1-2H3,(H,27,30). The summed E-state index contributed by atoms with van der Waals surface area (Å²) in [6, 6.07) is -0.523. The van der Waals surface area contributed by atoms with E-state index in [1.165, 1.54) is 89.9 Å². The van der Waals surface area contributed by atoms with E-state index in [0.29, 0.717) is 12.8 Å². The van der Waals surface area contributed by atoms with Crippen LogP contribution in [0.25, 0.3) is 0 Å². The number of amides is 1. The number of hydrogen-bond acceptors (Lipinski definition) is 3. The number of nitrogens with one attached hydrogen (secondary N) is 1. The van der Waals surface area contributed by atoms with Gasteiger partial charge in [-0.05, 0) is 12.8 Å². The van der Waals surface area contributed by atoms with Crippen LogP contribution < -0.4 is 5.32 Å². The highest BCUT2D eigenvalue weighted by Gasteiger charge is 2.19. The molecule has 0 aromatic rings. The molecule has 0 saturated heterocycles. The predicted octanol–water partition coefficient (Wildman–Crippen LogP) is 6.67. The molecule has 4 heteroatoms. The lowest BCUT2D eigenvalue weighted by molar-refractivity contribution is -0.123. The van der Waals surface area contributed by atoms with E-state index in [9.17, 15) is 15.0 Å². The van der Waals surface area contributed by atoms with Crippen LogP contribution in [0.5, 0.6) is 0 Å². The summed E-state index contributed by atoms with van der Waals surface area (Å²) in [5.74, 6) is -0.0383. The molecule has 2 unspecified atom stereocenters. The van der Waals surface area contributed by atoms with Gasteiger partial charge in [0.25, 0.3) is 0 Å². The smallest absolute Gasteiger partial charge is 0.220 e. The number of aliphatic hydroxyl groups is 2. The van der Waals surface area contributed by atoms with Crippen molar-refractivity contribution in [2.45, 2.75) is 154 Å². The highest BCUT2D eigenvalue weighted by Crippen LogP contribution is 2.13. The largest absolute Gasteiger partial charge is 0.394 e. The number of carbonyl (C=O) groups is 1. The monoisotopic (exact) mass is 427 g/mol. The minimum atomic E-state index is -0.647. The molecule has 4 nitrogen and oxygen atoms in total. The third-order valence-corrected chi connectivity index (χ3v) is 6.12. The molecule has 0 radical (unpaired) electrons. The minimum Gasteiger partial charge on any atom is -0.394 e. The lowest BCUT2D eigenvalue weighted by Crippen LogP contribution is -2.45. The van der Waals surface area contributed by atoms with Gasteiger partial charge in [-0.3, -0.25) is 4.79 Å². The Bertz CT molecular complexity index is 362. The van der Waals surface area contributed by atoms with Crippen molar-refractivity contribution in [3.8, 4) is 0 Å². The molecule has 0 heterocycles. The van der Waals surface area contributed by atoms with Gasteiger partial charge in [-0.1, -0.05) is 123 Å². The number of hydrogen-bond donors (Lipinski definition) is 3. The van der Waals surface area contributed by atoms with Crippen molar-refractivity contribution in [1.82, 2.24) is 5.32 Å². The number of unbranched alkanes of at least 4 members (excludes halogenated alkanes) is 16. The summed E-state index contributed by atoms with van der Waals surface area (Å²) in [4.78, 5) is 12.1. The molecule has 0 aliphatic carbocycles. The van der Waals surface area contributed by atoms with Crippen LogP contribution in [0.15, 0.2) is 0 Å². The maximum absolute atomic E-state index is 12.1. The van der Waals surface area contributed by atoms with Crippen LogP contribution >= 0.6 is 0 Å². The molecule has 0 fully saturated rings. The highest BCUT2D eigenvalue weighted by atomic mass is 16.3. The zero-order valence-corrected chi connectivity index (χ0v) is 20.3. The maximum atomic E-state index is 12.1. The second-order valence-corrected chi connectivity index (χ2v) is 9.12. The molecule has 3 N–H and O–H groups in total. The molecule has 0 spiro atoms. The van der Waals surface area contributed by atoms with Crippen molar-refractivity contribution in [3.63, 3.8) is 0 Å². The third-order valence-electron chi connectivity index (χ3n) is 6.12. The SMILES string of the molecule is CCCCCCCCCCCCC(=O)NC(CO)C(O)CCCCCCCCCC. The normalized spacial score (nSPS) is 13.3. The van der Waals surface area contributed by atoms with Crippen LogP contribution in [0, 0.1) is 0 Å². The Balaban J connectivity index is 3.64. The van der Waals surface area contributed by atoms with E-state index in [4.69, 9.17) is 0 Å². The first-order chi connectivity index (χ1) is 14.7. The van der Waals surface area contributed by atoms with Crippen LogP contribution in [0.1, 0.15) is 142 Å². The Morgan fingerprint density at radius 2 is 1.07 bits per heavy atom. The fraction of sp³-hybridized carbons (Fsp3) is 0.962. The van der Waals surface area contributed by atoms with E-state index in [2.05, 4.69) is 19.2 Å². The van der Waals surface area contributed by atoms with E-state index < -0.39 is 12.1 Å². The van der Waals surface area contributed by atoms with Crippen molar-refractivity contribution >= 4 is 5.91 Å². The molecule has 0 bridgehead atoms. The maximum Gasteiger partial charge on any atom is 0.220 e. The van der Waals surface area contributed by atoms with Crippen molar-refractivity contribution in [3.05, 3.63) is 0 Å². The topological polar surface area (TPSA) is 69.6 Å². The molecule has 30 heavy (non-hydrogen) atoms. The lowest BCUT2D eigenvalue weighted by Gasteiger charge is -2.22. The molecule has 0 aliphatic heterocycles. The number of rotatable bonds is 23. The van der Waals surface area contributed by atoms with Gasteiger partial charge >= 0.3 is 0 Å². The van der Waals surface area contributed by atoms with Gasteiger partial charge in [0.2, 0.25) is 5.91 Å². The lowest BCUT2D eigenvalue weighted by atomic mass is 10.0. The van der Waals surface area contributed by atoms with Crippen LogP contribution in [-0.4, -0.2) is 34.9 Å². The zero-order chi connectivity index (χ0) is 22.3. The Morgan fingerprint density at radius 3 is 1.50 bits per heavy atom. The molecule has 2 atom stereocenters. The number of aliphatic hydroxyl groups excluding tert-OH is 2. The summed E-state index contributed by atoms with van der Waals surface area (Å²) in [5.41, 5.74) is 0. The van der Waals surface area contributed by atoms with Gasteiger partial charge < -0.3 is 15.5 Å². The van der Waals surface area contributed by atoms with Crippen LogP contribution in [0.2, 0.25) is 0 Å². The van der Waals surface area contributed by atoms with Gasteiger partial charge in [-0.2, -0.15) is 0 Å². The fourth-order valence-corrected chi connectivity index (χ4v) is 4.00. The second-order valence-electron chi connectivity index (χ2n) is 9.12. The molecular weight excluding hydrogens is 374 g/mol. The molecule has 0 saturated carbocycles. The Kier molecular flexibility index (Phi) is 22.6. The van der Waals surface area contributed by atoms with Gasteiger partial charge in [-0.25, -0.2) is 0 Å². The minimum absolute atomic E-state index is 0.0383. The number of carbonyl (C=O) groups excluding carboxylic acids is 1. The Hall–Kier alpha value is -0.610. The first kappa shape index (κ1) is 29.4. The Morgan fingerprint density at radius 1 is 0.667 bits per heavy atom. The van der Waals surface area contributed by atoms with E-state index in [-0.39, 0.29) is 12.5 Å². The van der Waals surface area contributed by atoms with Crippen LogP contribution in [-0.2, 0) is 4.79 Å². The molecule has 0 aliphatic rings. The van der Waals surface area contributed by atoms with Gasteiger partial charge in [0.05, 0.1) is 18.8 Å². The van der Waals surface area contributed by atoms with Gasteiger partial charge in [0.15, 0.2) is 0 Å². The summed E-state index contributed by atoms with van der Waals surface area (Å²) in [7, 11) is 0. The summed E-state index contributed by atoms with van der Waals surface area (Å²) >= 11 is 0. The van der Waals surface area contributed by atoms with Gasteiger partial charge in [-0.15, -0.1) is 0 Å².